The fourth-order valence-corrected chi connectivity index (χ4v) is 1.92. The smallest absolute Gasteiger partial charge is 0.126 e. The van der Waals surface area contributed by atoms with E-state index in [0.717, 1.165) is 29.7 Å². The quantitative estimate of drug-likeness (QED) is 0.720. The Morgan fingerprint density at radius 2 is 2.20 bits per heavy atom. The number of rotatable bonds is 2. The van der Waals surface area contributed by atoms with Gasteiger partial charge in [-0.05, 0) is 31.0 Å². The highest BCUT2D eigenvalue weighted by Gasteiger charge is 2.14. The first-order valence-electron chi connectivity index (χ1n) is 5.24. The maximum absolute atomic E-state index is 13.4. The van der Waals surface area contributed by atoms with E-state index in [1.54, 1.807) is 12.3 Å². The molecule has 1 aliphatic rings. The summed E-state index contributed by atoms with van der Waals surface area (Å²) in [4.78, 5) is 0. The molecular weight excluding hydrogens is 189 g/mol. The van der Waals surface area contributed by atoms with Crippen LogP contribution in [0.3, 0.4) is 0 Å². The highest BCUT2D eigenvalue weighted by atomic mass is 19.1. The third kappa shape index (κ3) is 1.69. The number of halogens is 1. The minimum absolute atomic E-state index is 0.146. The molecule has 1 aromatic carbocycles. The van der Waals surface area contributed by atoms with E-state index in [2.05, 4.69) is 18.0 Å². The number of benzene rings is 1. The van der Waals surface area contributed by atoms with E-state index >= 15 is 0 Å². The van der Waals surface area contributed by atoms with Crippen LogP contribution >= 0.6 is 0 Å². The van der Waals surface area contributed by atoms with Crippen LogP contribution in [-0.4, -0.2) is 0 Å². The Labute approximate surface area is 89.3 Å². The lowest BCUT2D eigenvalue weighted by Gasteiger charge is -2.17. The lowest BCUT2D eigenvalue weighted by molar-refractivity contribution is 0.618. The molecule has 0 aromatic heterocycles. The van der Waals surface area contributed by atoms with Crippen molar-refractivity contribution in [2.24, 2.45) is 0 Å². The normalized spacial score (nSPS) is 13.1. The van der Waals surface area contributed by atoms with Gasteiger partial charge in [0.2, 0.25) is 0 Å². The second kappa shape index (κ2) is 3.92. The molecule has 0 atom stereocenters. The molecule has 1 heterocycles. The second-order valence-electron chi connectivity index (χ2n) is 3.76. The molecule has 0 saturated heterocycles. The third-order valence-corrected chi connectivity index (χ3v) is 2.67. The molecule has 0 aliphatic carbocycles. The molecule has 0 spiro atoms. The minimum atomic E-state index is -0.146. The molecule has 78 valence electrons. The van der Waals surface area contributed by atoms with E-state index in [4.69, 9.17) is 0 Å². The number of fused-ring (bicyclic) bond motifs is 1. The third-order valence-electron chi connectivity index (χ3n) is 2.67. The van der Waals surface area contributed by atoms with Gasteiger partial charge >= 0.3 is 0 Å². The molecule has 15 heavy (non-hydrogen) atoms. The van der Waals surface area contributed by atoms with Crippen LogP contribution in [0.4, 0.5) is 10.1 Å². The zero-order valence-corrected chi connectivity index (χ0v) is 9.02. The number of hydrogen-bond donors (Lipinski definition) is 1. The Morgan fingerprint density at radius 1 is 1.40 bits per heavy atom. The zero-order valence-electron chi connectivity index (χ0n) is 9.02. The summed E-state index contributed by atoms with van der Waals surface area (Å²) in [6, 6.07) is 3.29. The number of nitrogens with one attached hydrogen (secondary N) is 1. The largest absolute Gasteiger partial charge is 0.355 e. The van der Waals surface area contributed by atoms with Crippen molar-refractivity contribution in [3.8, 4) is 0 Å². The highest BCUT2D eigenvalue weighted by Crippen LogP contribution is 2.33. The van der Waals surface area contributed by atoms with Crippen molar-refractivity contribution in [1.82, 2.24) is 0 Å². The van der Waals surface area contributed by atoms with Crippen LogP contribution in [0, 0.1) is 12.7 Å². The van der Waals surface area contributed by atoms with Gasteiger partial charge in [-0.1, -0.05) is 19.1 Å². The lowest BCUT2D eigenvalue weighted by Crippen LogP contribution is -2.02. The standard InChI is InChI=1S/C13H14FN/c1-3-4-10-7-8-15-12-6-5-11(14)9(2)13(10)12/h5-6,8,15H,3-4H2,1-2H3. The van der Waals surface area contributed by atoms with Crippen molar-refractivity contribution in [1.29, 1.82) is 0 Å². The Morgan fingerprint density at radius 3 is 2.93 bits per heavy atom. The van der Waals surface area contributed by atoms with Gasteiger partial charge in [-0.3, -0.25) is 0 Å². The molecule has 1 aromatic rings. The van der Waals surface area contributed by atoms with Crippen molar-refractivity contribution >= 4 is 11.3 Å². The summed E-state index contributed by atoms with van der Waals surface area (Å²) in [5.41, 5.74) is 6.94. The van der Waals surface area contributed by atoms with Gasteiger partial charge in [0.1, 0.15) is 5.82 Å². The predicted molar refractivity (Wildman–Crippen MR) is 61.2 cm³/mol. The predicted octanol–water partition coefficient (Wildman–Crippen LogP) is 3.86. The van der Waals surface area contributed by atoms with Gasteiger partial charge < -0.3 is 5.32 Å². The van der Waals surface area contributed by atoms with Crippen molar-refractivity contribution in [3.05, 3.63) is 41.0 Å². The summed E-state index contributed by atoms with van der Waals surface area (Å²) in [6.45, 7) is 3.93. The van der Waals surface area contributed by atoms with Crippen molar-refractivity contribution in [3.63, 3.8) is 0 Å². The van der Waals surface area contributed by atoms with Crippen molar-refractivity contribution in [2.75, 3.05) is 5.32 Å². The van der Waals surface area contributed by atoms with Crippen LogP contribution in [0.15, 0.2) is 24.1 Å². The van der Waals surface area contributed by atoms with E-state index in [0.29, 0.717) is 5.56 Å². The maximum Gasteiger partial charge on any atom is 0.126 e. The average Bonchev–Trinajstić information content (AvgIpc) is 2.24. The Balaban J connectivity index is 2.58. The number of hydrogen-bond acceptors (Lipinski definition) is 1. The van der Waals surface area contributed by atoms with Gasteiger partial charge in [0, 0.05) is 23.0 Å². The first-order chi connectivity index (χ1) is 7.24. The van der Waals surface area contributed by atoms with E-state index in [1.807, 2.05) is 6.92 Å². The van der Waals surface area contributed by atoms with Gasteiger partial charge in [0.15, 0.2) is 0 Å². The SMILES string of the molecule is CCCC1=C=CNc2ccc(F)c(C)c21. The first kappa shape index (κ1) is 10.0. The molecule has 2 rings (SSSR count). The van der Waals surface area contributed by atoms with Crippen LogP contribution in [0.5, 0.6) is 0 Å². The molecule has 2 heteroatoms. The van der Waals surface area contributed by atoms with Crippen LogP contribution in [-0.2, 0) is 0 Å². The van der Waals surface area contributed by atoms with Gasteiger partial charge in [0.05, 0.1) is 0 Å². The van der Waals surface area contributed by atoms with Gasteiger partial charge in [-0.15, -0.1) is 0 Å². The first-order valence-corrected chi connectivity index (χ1v) is 5.24. The van der Waals surface area contributed by atoms with Crippen molar-refractivity contribution in [2.45, 2.75) is 26.7 Å². The minimum Gasteiger partial charge on any atom is -0.355 e. The molecule has 1 aliphatic heterocycles. The molecule has 0 saturated carbocycles. The monoisotopic (exact) mass is 203 g/mol. The average molecular weight is 203 g/mol. The molecule has 0 bridgehead atoms. The van der Waals surface area contributed by atoms with E-state index in [1.165, 1.54) is 6.07 Å². The summed E-state index contributed by atoms with van der Waals surface area (Å²) < 4.78 is 13.4. The molecule has 0 amide bonds. The van der Waals surface area contributed by atoms with Gasteiger partial charge in [-0.25, -0.2) is 4.39 Å². The maximum atomic E-state index is 13.4. The molecular formula is C13H14FN. The van der Waals surface area contributed by atoms with Crippen LogP contribution in [0.1, 0.15) is 30.9 Å². The van der Waals surface area contributed by atoms with E-state index in [-0.39, 0.29) is 5.82 Å². The molecule has 1 N–H and O–H groups in total. The number of anilines is 1. The van der Waals surface area contributed by atoms with Crippen LogP contribution in [0.25, 0.3) is 5.57 Å². The van der Waals surface area contributed by atoms with Gasteiger partial charge in [-0.2, -0.15) is 0 Å². The topological polar surface area (TPSA) is 12.0 Å². The van der Waals surface area contributed by atoms with Gasteiger partial charge in [0.25, 0.3) is 0 Å². The Bertz CT molecular complexity index is 454. The summed E-state index contributed by atoms with van der Waals surface area (Å²) in [5.74, 6) is -0.146. The summed E-state index contributed by atoms with van der Waals surface area (Å²) >= 11 is 0. The summed E-state index contributed by atoms with van der Waals surface area (Å²) in [5, 5.41) is 3.10. The molecule has 0 radical (unpaired) electrons. The fraction of sp³-hybridized carbons (Fsp3) is 0.308. The highest BCUT2D eigenvalue weighted by molar-refractivity contribution is 5.81. The Kier molecular flexibility index (Phi) is 2.61. The fourth-order valence-electron chi connectivity index (χ4n) is 1.92. The van der Waals surface area contributed by atoms with Crippen molar-refractivity contribution < 1.29 is 4.39 Å². The molecule has 1 nitrogen and oxygen atoms in total. The zero-order chi connectivity index (χ0) is 10.8. The van der Waals surface area contributed by atoms with Crippen LogP contribution in [0.2, 0.25) is 0 Å². The summed E-state index contributed by atoms with van der Waals surface area (Å²) in [6.07, 6.45) is 3.78. The Hall–Kier alpha value is -1.53. The van der Waals surface area contributed by atoms with E-state index in [9.17, 15) is 4.39 Å². The molecule has 0 fully saturated rings. The lowest BCUT2D eigenvalue weighted by atomic mass is 9.94. The van der Waals surface area contributed by atoms with Crippen LogP contribution < -0.4 is 5.32 Å². The van der Waals surface area contributed by atoms with E-state index < -0.39 is 0 Å². The number of allylic oxidation sites excluding steroid dienone is 1. The second-order valence-corrected chi connectivity index (χ2v) is 3.76. The molecule has 0 unspecified atom stereocenters. The summed E-state index contributed by atoms with van der Waals surface area (Å²) in [7, 11) is 0.